The van der Waals surface area contributed by atoms with E-state index in [0.29, 0.717) is 0 Å². The fourth-order valence-corrected chi connectivity index (χ4v) is 2.24. The summed E-state index contributed by atoms with van der Waals surface area (Å²) in [6.45, 7) is 3.52. The molecule has 1 unspecified atom stereocenters. The minimum absolute atomic E-state index is 0.0973. The van der Waals surface area contributed by atoms with E-state index in [0.717, 1.165) is 23.4 Å². The van der Waals surface area contributed by atoms with E-state index in [4.69, 9.17) is 0 Å². The molecule has 0 aliphatic heterocycles. The smallest absolute Gasteiger partial charge is 0.221 e. The fourth-order valence-electron chi connectivity index (χ4n) is 2.24. The molecule has 2 aromatic carbocycles. The van der Waals surface area contributed by atoms with Gasteiger partial charge in [0.1, 0.15) is 5.82 Å². The molecule has 0 fully saturated rings. The van der Waals surface area contributed by atoms with Crippen LogP contribution in [-0.4, -0.2) is 11.9 Å². The van der Waals surface area contributed by atoms with E-state index >= 15 is 0 Å². The van der Waals surface area contributed by atoms with Gasteiger partial charge in [0.05, 0.1) is 0 Å². The second-order valence-electron chi connectivity index (χ2n) is 5.14. The summed E-state index contributed by atoms with van der Waals surface area (Å²) in [4.78, 5) is 11.1. The summed E-state index contributed by atoms with van der Waals surface area (Å²) < 4.78 is 13.2. The lowest BCUT2D eigenvalue weighted by atomic mass is 10.1. The van der Waals surface area contributed by atoms with Crippen LogP contribution in [0.15, 0.2) is 48.5 Å². The highest BCUT2D eigenvalue weighted by atomic mass is 19.1. The Morgan fingerprint density at radius 3 is 2.57 bits per heavy atom. The van der Waals surface area contributed by atoms with Crippen LogP contribution in [0.1, 0.15) is 19.4 Å². The molecule has 0 aliphatic rings. The molecule has 0 saturated carbocycles. The summed E-state index contributed by atoms with van der Waals surface area (Å²) in [5.74, 6) is -0.313. The average molecular weight is 286 g/mol. The SMILES string of the molecule is CC(=O)Nc1cccc(NC(C)Cc2cccc(F)c2)c1. The number of carbonyl (C=O) groups excluding carboxylic acids is 1. The first-order chi connectivity index (χ1) is 10.0. The van der Waals surface area contributed by atoms with Crippen molar-refractivity contribution in [2.45, 2.75) is 26.3 Å². The summed E-state index contributed by atoms with van der Waals surface area (Å²) >= 11 is 0. The maximum Gasteiger partial charge on any atom is 0.221 e. The van der Waals surface area contributed by atoms with Gasteiger partial charge in [0.25, 0.3) is 0 Å². The zero-order valence-corrected chi connectivity index (χ0v) is 12.2. The molecule has 21 heavy (non-hydrogen) atoms. The van der Waals surface area contributed by atoms with Gasteiger partial charge in [0.2, 0.25) is 5.91 Å². The zero-order valence-electron chi connectivity index (χ0n) is 12.2. The average Bonchev–Trinajstić information content (AvgIpc) is 2.37. The van der Waals surface area contributed by atoms with Crippen LogP contribution >= 0.6 is 0 Å². The third kappa shape index (κ3) is 4.91. The van der Waals surface area contributed by atoms with Gasteiger partial charge in [-0.3, -0.25) is 4.79 Å². The summed E-state index contributed by atoms with van der Waals surface area (Å²) in [5, 5.41) is 6.10. The fraction of sp³-hybridized carbons (Fsp3) is 0.235. The van der Waals surface area contributed by atoms with Crippen molar-refractivity contribution in [1.82, 2.24) is 0 Å². The predicted octanol–water partition coefficient (Wildman–Crippen LogP) is 3.83. The van der Waals surface area contributed by atoms with Gasteiger partial charge in [-0.15, -0.1) is 0 Å². The molecule has 1 amide bonds. The van der Waals surface area contributed by atoms with Gasteiger partial charge in [0, 0.05) is 24.3 Å². The van der Waals surface area contributed by atoms with E-state index in [1.165, 1.54) is 13.0 Å². The van der Waals surface area contributed by atoms with Crippen molar-refractivity contribution in [3.63, 3.8) is 0 Å². The van der Waals surface area contributed by atoms with Crippen LogP contribution in [0.5, 0.6) is 0 Å². The Bertz CT molecular complexity index is 628. The van der Waals surface area contributed by atoms with Crippen molar-refractivity contribution in [2.75, 3.05) is 10.6 Å². The standard InChI is InChI=1S/C17H19FN2O/c1-12(9-14-5-3-6-15(18)10-14)19-16-7-4-8-17(11-16)20-13(2)21/h3-8,10-12,19H,9H2,1-2H3,(H,20,21). The van der Waals surface area contributed by atoms with Crippen molar-refractivity contribution in [1.29, 1.82) is 0 Å². The van der Waals surface area contributed by atoms with E-state index < -0.39 is 0 Å². The molecule has 0 aromatic heterocycles. The molecular weight excluding hydrogens is 267 g/mol. The lowest BCUT2D eigenvalue weighted by Gasteiger charge is -2.16. The van der Waals surface area contributed by atoms with Gasteiger partial charge >= 0.3 is 0 Å². The third-order valence-electron chi connectivity index (χ3n) is 3.03. The van der Waals surface area contributed by atoms with Crippen LogP contribution in [0.25, 0.3) is 0 Å². The van der Waals surface area contributed by atoms with E-state index in [-0.39, 0.29) is 17.8 Å². The zero-order chi connectivity index (χ0) is 15.2. The molecular formula is C17H19FN2O. The van der Waals surface area contributed by atoms with Crippen molar-refractivity contribution in [3.8, 4) is 0 Å². The number of nitrogens with one attached hydrogen (secondary N) is 2. The minimum atomic E-state index is -0.215. The largest absolute Gasteiger partial charge is 0.382 e. The van der Waals surface area contributed by atoms with E-state index in [9.17, 15) is 9.18 Å². The predicted molar refractivity (Wildman–Crippen MR) is 83.9 cm³/mol. The van der Waals surface area contributed by atoms with Crippen molar-refractivity contribution < 1.29 is 9.18 Å². The minimum Gasteiger partial charge on any atom is -0.382 e. The topological polar surface area (TPSA) is 41.1 Å². The molecule has 2 aromatic rings. The molecule has 3 nitrogen and oxygen atoms in total. The lowest BCUT2D eigenvalue weighted by molar-refractivity contribution is -0.114. The van der Waals surface area contributed by atoms with Crippen molar-refractivity contribution in [2.24, 2.45) is 0 Å². The molecule has 4 heteroatoms. The number of hydrogen-bond acceptors (Lipinski definition) is 2. The lowest BCUT2D eigenvalue weighted by Crippen LogP contribution is -2.18. The highest BCUT2D eigenvalue weighted by Gasteiger charge is 2.05. The maximum atomic E-state index is 13.2. The van der Waals surface area contributed by atoms with E-state index in [1.807, 2.05) is 37.3 Å². The van der Waals surface area contributed by atoms with Crippen molar-refractivity contribution in [3.05, 3.63) is 59.9 Å². The molecule has 2 N–H and O–H groups in total. The van der Waals surface area contributed by atoms with Gasteiger partial charge in [-0.05, 0) is 49.2 Å². The number of benzene rings is 2. The van der Waals surface area contributed by atoms with Crippen LogP contribution in [0.4, 0.5) is 15.8 Å². The number of carbonyl (C=O) groups is 1. The summed E-state index contributed by atoms with van der Waals surface area (Å²) in [7, 11) is 0. The molecule has 0 bridgehead atoms. The van der Waals surface area contributed by atoms with Crippen LogP contribution in [0.3, 0.4) is 0 Å². The normalized spacial score (nSPS) is 11.8. The number of hydrogen-bond donors (Lipinski definition) is 2. The molecule has 0 radical (unpaired) electrons. The molecule has 0 saturated heterocycles. The van der Waals surface area contributed by atoms with E-state index in [1.54, 1.807) is 12.1 Å². The number of amides is 1. The van der Waals surface area contributed by atoms with Gasteiger partial charge < -0.3 is 10.6 Å². The first kappa shape index (κ1) is 15.0. The molecule has 0 aliphatic carbocycles. The molecule has 0 heterocycles. The van der Waals surface area contributed by atoms with Gasteiger partial charge in [0.15, 0.2) is 0 Å². The molecule has 2 rings (SSSR count). The third-order valence-corrected chi connectivity index (χ3v) is 3.03. The molecule has 1 atom stereocenters. The Morgan fingerprint density at radius 2 is 1.86 bits per heavy atom. The Balaban J connectivity index is 1.99. The Hall–Kier alpha value is -2.36. The first-order valence-electron chi connectivity index (χ1n) is 6.91. The Kier molecular flexibility index (Phi) is 4.93. The number of halogens is 1. The van der Waals surface area contributed by atoms with Crippen LogP contribution < -0.4 is 10.6 Å². The summed E-state index contributed by atoms with van der Waals surface area (Å²) in [5.41, 5.74) is 2.63. The second kappa shape index (κ2) is 6.88. The maximum absolute atomic E-state index is 13.2. The summed E-state index contributed by atoms with van der Waals surface area (Å²) in [6.07, 6.45) is 0.724. The number of anilines is 2. The van der Waals surface area contributed by atoms with Gasteiger partial charge in [-0.25, -0.2) is 4.39 Å². The highest BCUT2D eigenvalue weighted by molar-refractivity contribution is 5.89. The number of rotatable bonds is 5. The quantitative estimate of drug-likeness (QED) is 0.877. The summed E-state index contributed by atoms with van der Waals surface area (Å²) in [6, 6.07) is 14.3. The highest BCUT2D eigenvalue weighted by Crippen LogP contribution is 2.17. The van der Waals surface area contributed by atoms with E-state index in [2.05, 4.69) is 10.6 Å². The van der Waals surface area contributed by atoms with Gasteiger partial charge in [-0.2, -0.15) is 0 Å². The monoisotopic (exact) mass is 286 g/mol. The van der Waals surface area contributed by atoms with Crippen molar-refractivity contribution >= 4 is 17.3 Å². The van der Waals surface area contributed by atoms with Crippen LogP contribution in [0.2, 0.25) is 0 Å². The Labute approximate surface area is 124 Å². The Morgan fingerprint density at radius 1 is 1.14 bits per heavy atom. The van der Waals surface area contributed by atoms with Gasteiger partial charge in [-0.1, -0.05) is 18.2 Å². The molecule has 110 valence electrons. The molecule has 0 spiro atoms. The van der Waals surface area contributed by atoms with Crippen LogP contribution in [0, 0.1) is 5.82 Å². The second-order valence-corrected chi connectivity index (χ2v) is 5.14. The first-order valence-corrected chi connectivity index (χ1v) is 6.91. The van der Waals surface area contributed by atoms with Crippen LogP contribution in [-0.2, 0) is 11.2 Å².